The Labute approximate surface area is 87.1 Å². The van der Waals surface area contributed by atoms with Gasteiger partial charge >= 0.3 is 5.97 Å². The average molecular weight is 212 g/mol. The zero-order chi connectivity index (χ0) is 10.2. The van der Waals surface area contributed by atoms with Crippen LogP contribution in [0.25, 0.3) is 0 Å². The molecule has 0 fully saturated rings. The standard InChI is InChI=1S/C9H12N2O2S/c1-13-9(12)3-2-6-14-8-4-5-10-7-11-8/h4-5,7H,2-3,6H2,1H3. The van der Waals surface area contributed by atoms with E-state index in [1.54, 1.807) is 18.0 Å². The Morgan fingerprint density at radius 3 is 3.14 bits per heavy atom. The molecule has 1 aromatic heterocycles. The van der Waals surface area contributed by atoms with Crippen molar-refractivity contribution in [3.05, 3.63) is 18.6 Å². The van der Waals surface area contributed by atoms with E-state index >= 15 is 0 Å². The van der Waals surface area contributed by atoms with E-state index in [-0.39, 0.29) is 5.97 Å². The topological polar surface area (TPSA) is 52.1 Å². The van der Waals surface area contributed by atoms with Gasteiger partial charge in [0, 0.05) is 18.4 Å². The molecule has 0 unspecified atom stereocenters. The Balaban J connectivity index is 2.13. The van der Waals surface area contributed by atoms with Crippen LogP contribution in [0.2, 0.25) is 0 Å². The van der Waals surface area contributed by atoms with E-state index in [2.05, 4.69) is 14.7 Å². The number of thioether (sulfide) groups is 1. The molecule has 1 heterocycles. The Hall–Kier alpha value is -1.10. The molecule has 14 heavy (non-hydrogen) atoms. The Bertz CT molecular complexity index is 279. The number of aromatic nitrogens is 2. The lowest BCUT2D eigenvalue weighted by Crippen LogP contribution is -2.00. The molecular weight excluding hydrogens is 200 g/mol. The Kier molecular flexibility index (Phi) is 4.99. The maximum absolute atomic E-state index is 10.8. The van der Waals surface area contributed by atoms with Gasteiger partial charge in [-0.05, 0) is 12.5 Å². The monoisotopic (exact) mass is 212 g/mol. The highest BCUT2D eigenvalue weighted by Crippen LogP contribution is 2.15. The summed E-state index contributed by atoms with van der Waals surface area (Å²) in [5.74, 6) is 0.708. The first-order valence-electron chi connectivity index (χ1n) is 4.28. The van der Waals surface area contributed by atoms with E-state index in [9.17, 15) is 4.79 Å². The first-order valence-corrected chi connectivity index (χ1v) is 5.27. The smallest absolute Gasteiger partial charge is 0.305 e. The van der Waals surface area contributed by atoms with Gasteiger partial charge in [-0.3, -0.25) is 4.79 Å². The van der Waals surface area contributed by atoms with Gasteiger partial charge in [0.1, 0.15) is 6.33 Å². The van der Waals surface area contributed by atoms with Crippen molar-refractivity contribution in [1.29, 1.82) is 0 Å². The summed E-state index contributed by atoms with van der Waals surface area (Å²) in [6.07, 6.45) is 4.49. The largest absolute Gasteiger partial charge is 0.469 e. The molecule has 0 N–H and O–H groups in total. The van der Waals surface area contributed by atoms with Crippen LogP contribution in [0.15, 0.2) is 23.6 Å². The van der Waals surface area contributed by atoms with Crippen LogP contribution in [-0.4, -0.2) is 28.8 Å². The predicted molar refractivity (Wildman–Crippen MR) is 54.0 cm³/mol. The summed E-state index contributed by atoms with van der Waals surface area (Å²) in [6, 6.07) is 1.85. The highest BCUT2D eigenvalue weighted by atomic mass is 32.2. The molecule has 0 spiro atoms. The molecule has 76 valence electrons. The molecular formula is C9H12N2O2S. The second-order valence-corrected chi connectivity index (χ2v) is 3.69. The van der Waals surface area contributed by atoms with Crippen molar-refractivity contribution in [3.8, 4) is 0 Å². The summed E-state index contributed by atoms with van der Waals surface area (Å²) in [4.78, 5) is 18.6. The summed E-state index contributed by atoms with van der Waals surface area (Å²) in [5.41, 5.74) is 0. The van der Waals surface area contributed by atoms with Gasteiger partial charge in [-0.2, -0.15) is 0 Å². The van der Waals surface area contributed by atoms with Gasteiger partial charge in [0.2, 0.25) is 0 Å². The summed E-state index contributed by atoms with van der Waals surface area (Å²) in [5, 5.41) is 0.935. The van der Waals surface area contributed by atoms with E-state index in [0.717, 1.165) is 17.2 Å². The molecule has 0 aromatic carbocycles. The van der Waals surface area contributed by atoms with Crippen LogP contribution in [-0.2, 0) is 9.53 Å². The van der Waals surface area contributed by atoms with Crippen molar-refractivity contribution in [3.63, 3.8) is 0 Å². The molecule has 0 atom stereocenters. The van der Waals surface area contributed by atoms with E-state index < -0.39 is 0 Å². The SMILES string of the molecule is COC(=O)CCCSc1ccncn1. The molecule has 0 saturated heterocycles. The predicted octanol–water partition coefficient (Wildman–Crippen LogP) is 1.52. The van der Waals surface area contributed by atoms with Gasteiger partial charge in [0.05, 0.1) is 12.1 Å². The summed E-state index contributed by atoms with van der Waals surface area (Å²) in [7, 11) is 1.40. The van der Waals surface area contributed by atoms with Crippen LogP contribution in [0.4, 0.5) is 0 Å². The molecule has 0 bridgehead atoms. The number of hydrogen-bond acceptors (Lipinski definition) is 5. The van der Waals surface area contributed by atoms with Crippen molar-refractivity contribution in [1.82, 2.24) is 9.97 Å². The molecule has 0 aliphatic carbocycles. The van der Waals surface area contributed by atoms with E-state index in [0.29, 0.717) is 6.42 Å². The zero-order valence-electron chi connectivity index (χ0n) is 7.97. The fraction of sp³-hybridized carbons (Fsp3) is 0.444. The van der Waals surface area contributed by atoms with Crippen molar-refractivity contribution in [2.24, 2.45) is 0 Å². The number of rotatable bonds is 5. The summed E-state index contributed by atoms with van der Waals surface area (Å²) in [6.45, 7) is 0. The fourth-order valence-corrected chi connectivity index (χ4v) is 1.64. The lowest BCUT2D eigenvalue weighted by molar-refractivity contribution is -0.140. The molecule has 1 aromatic rings. The maximum Gasteiger partial charge on any atom is 0.305 e. The second-order valence-electron chi connectivity index (χ2n) is 2.58. The van der Waals surface area contributed by atoms with Gasteiger partial charge in [0.25, 0.3) is 0 Å². The third-order valence-corrected chi connectivity index (χ3v) is 2.59. The van der Waals surface area contributed by atoms with Gasteiger partial charge in [-0.25, -0.2) is 9.97 Å². The van der Waals surface area contributed by atoms with E-state index in [1.807, 2.05) is 6.07 Å². The number of ether oxygens (including phenoxy) is 1. The van der Waals surface area contributed by atoms with Gasteiger partial charge < -0.3 is 4.74 Å². The summed E-state index contributed by atoms with van der Waals surface area (Å²) >= 11 is 1.61. The quantitative estimate of drug-likeness (QED) is 0.320. The molecule has 0 aliphatic heterocycles. The van der Waals surface area contributed by atoms with Crippen LogP contribution >= 0.6 is 11.8 Å². The minimum absolute atomic E-state index is 0.159. The Morgan fingerprint density at radius 2 is 2.50 bits per heavy atom. The van der Waals surface area contributed by atoms with Crippen LogP contribution in [0.5, 0.6) is 0 Å². The first-order chi connectivity index (χ1) is 6.83. The van der Waals surface area contributed by atoms with Crippen LogP contribution < -0.4 is 0 Å². The zero-order valence-corrected chi connectivity index (χ0v) is 8.79. The van der Waals surface area contributed by atoms with E-state index in [4.69, 9.17) is 0 Å². The lowest BCUT2D eigenvalue weighted by atomic mass is 10.3. The van der Waals surface area contributed by atoms with Crippen molar-refractivity contribution < 1.29 is 9.53 Å². The highest BCUT2D eigenvalue weighted by molar-refractivity contribution is 7.99. The minimum Gasteiger partial charge on any atom is -0.469 e. The number of carbonyl (C=O) groups excluding carboxylic acids is 1. The maximum atomic E-state index is 10.8. The number of nitrogens with zero attached hydrogens (tertiary/aromatic N) is 2. The third-order valence-electron chi connectivity index (χ3n) is 1.56. The number of hydrogen-bond donors (Lipinski definition) is 0. The molecule has 0 radical (unpaired) electrons. The molecule has 5 heteroatoms. The third kappa shape index (κ3) is 4.23. The number of methoxy groups -OCH3 is 1. The van der Waals surface area contributed by atoms with Crippen molar-refractivity contribution in [2.75, 3.05) is 12.9 Å². The fourth-order valence-electron chi connectivity index (χ4n) is 0.859. The molecule has 0 saturated carbocycles. The van der Waals surface area contributed by atoms with Crippen LogP contribution in [0, 0.1) is 0 Å². The molecule has 0 amide bonds. The average Bonchev–Trinajstić information content (AvgIpc) is 2.25. The van der Waals surface area contributed by atoms with Crippen molar-refractivity contribution in [2.45, 2.75) is 17.9 Å². The summed E-state index contributed by atoms with van der Waals surface area (Å²) < 4.78 is 4.53. The lowest BCUT2D eigenvalue weighted by Gasteiger charge is -1.99. The Morgan fingerprint density at radius 1 is 1.64 bits per heavy atom. The molecule has 0 aliphatic rings. The minimum atomic E-state index is -0.159. The van der Waals surface area contributed by atoms with Crippen LogP contribution in [0.3, 0.4) is 0 Å². The van der Waals surface area contributed by atoms with Gasteiger partial charge in [-0.1, -0.05) is 0 Å². The number of carbonyl (C=O) groups is 1. The van der Waals surface area contributed by atoms with E-state index in [1.165, 1.54) is 13.4 Å². The number of esters is 1. The molecule has 4 nitrogen and oxygen atoms in total. The first kappa shape index (κ1) is 11.0. The normalized spacial score (nSPS) is 9.79. The highest BCUT2D eigenvalue weighted by Gasteiger charge is 2.00. The van der Waals surface area contributed by atoms with Crippen LogP contribution in [0.1, 0.15) is 12.8 Å². The van der Waals surface area contributed by atoms with Gasteiger partial charge in [0.15, 0.2) is 0 Å². The van der Waals surface area contributed by atoms with Gasteiger partial charge in [-0.15, -0.1) is 11.8 Å². The van der Waals surface area contributed by atoms with Crippen molar-refractivity contribution >= 4 is 17.7 Å². The molecule has 1 rings (SSSR count). The second kappa shape index (κ2) is 6.37.